The normalized spacial score (nSPS) is 14.9. The number of rotatable bonds is 5. The van der Waals surface area contributed by atoms with E-state index in [9.17, 15) is 9.59 Å². The van der Waals surface area contributed by atoms with Crippen molar-refractivity contribution < 1.29 is 19.1 Å². The number of hydrogen-bond donors (Lipinski definition) is 0. The fourth-order valence-electron chi connectivity index (χ4n) is 1.15. The van der Waals surface area contributed by atoms with Gasteiger partial charge >= 0.3 is 5.97 Å². The Morgan fingerprint density at radius 3 is 3.00 bits per heavy atom. The molecule has 1 aliphatic rings. The first-order valence-electron chi connectivity index (χ1n) is 4.47. The first kappa shape index (κ1) is 11.3. The van der Waals surface area contributed by atoms with E-state index < -0.39 is 5.97 Å². The van der Waals surface area contributed by atoms with Crippen LogP contribution in [0.1, 0.15) is 0 Å². The van der Waals surface area contributed by atoms with Crippen molar-refractivity contribution in [2.24, 2.45) is 0 Å². The molecule has 0 aromatic carbocycles. The minimum Gasteiger partial charge on any atom is -0.499 e. The fraction of sp³-hybridized carbons (Fsp3) is 0.400. The highest BCUT2D eigenvalue weighted by Crippen LogP contribution is 2.10. The molecule has 5 nitrogen and oxygen atoms in total. The monoisotopic (exact) mass is 211 g/mol. The van der Waals surface area contributed by atoms with Crippen molar-refractivity contribution in [3.63, 3.8) is 0 Å². The maximum Gasteiger partial charge on any atom is 0.325 e. The van der Waals surface area contributed by atoms with Crippen molar-refractivity contribution in [1.82, 2.24) is 4.90 Å². The van der Waals surface area contributed by atoms with Crippen molar-refractivity contribution in [2.45, 2.75) is 0 Å². The second kappa shape index (κ2) is 5.19. The third-order valence-corrected chi connectivity index (χ3v) is 1.89. The highest BCUT2D eigenvalue weighted by Gasteiger charge is 2.24. The molecular weight excluding hydrogens is 198 g/mol. The van der Waals surface area contributed by atoms with Crippen molar-refractivity contribution in [1.29, 1.82) is 0 Å². The zero-order valence-corrected chi connectivity index (χ0v) is 8.56. The highest BCUT2D eigenvalue weighted by atomic mass is 16.5. The Morgan fingerprint density at radius 1 is 1.73 bits per heavy atom. The summed E-state index contributed by atoms with van der Waals surface area (Å²) in [5, 5.41) is 0. The average Bonchev–Trinajstić information content (AvgIpc) is 2.57. The number of carbonyl (C=O) groups is 2. The second-order valence-electron chi connectivity index (χ2n) is 2.98. The summed E-state index contributed by atoms with van der Waals surface area (Å²) in [4.78, 5) is 23.8. The van der Waals surface area contributed by atoms with Gasteiger partial charge in [-0.3, -0.25) is 9.59 Å². The highest BCUT2D eigenvalue weighted by molar-refractivity contribution is 5.93. The molecule has 0 saturated carbocycles. The first-order chi connectivity index (χ1) is 7.17. The van der Waals surface area contributed by atoms with Gasteiger partial charge < -0.3 is 14.4 Å². The third kappa shape index (κ3) is 3.12. The summed E-state index contributed by atoms with van der Waals surface area (Å²) in [5.74, 6) is -0.132. The van der Waals surface area contributed by atoms with Crippen molar-refractivity contribution in [3.05, 3.63) is 24.5 Å². The van der Waals surface area contributed by atoms with Crippen LogP contribution in [-0.2, 0) is 19.1 Å². The molecule has 0 fully saturated rings. The van der Waals surface area contributed by atoms with E-state index in [-0.39, 0.29) is 19.1 Å². The van der Waals surface area contributed by atoms with Crippen LogP contribution in [0.4, 0.5) is 0 Å². The summed E-state index contributed by atoms with van der Waals surface area (Å²) < 4.78 is 9.66. The molecule has 5 heteroatoms. The van der Waals surface area contributed by atoms with Crippen molar-refractivity contribution >= 4 is 11.9 Å². The largest absolute Gasteiger partial charge is 0.499 e. The molecule has 0 saturated heterocycles. The number of methoxy groups -OCH3 is 1. The lowest BCUT2D eigenvalue weighted by molar-refractivity contribution is -0.146. The van der Waals surface area contributed by atoms with Gasteiger partial charge in [0.05, 0.1) is 13.7 Å². The molecule has 15 heavy (non-hydrogen) atoms. The molecule has 1 heterocycles. The number of amides is 1. The summed E-state index contributed by atoms with van der Waals surface area (Å²) in [7, 11) is 1.48. The molecule has 0 aromatic heterocycles. The van der Waals surface area contributed by atoms with E-state index in [1.54, 1.807) is 0 Å². The Balaban J connectivity index is 2.38. The van der Waals surface area contributed by atoms with Crippen LogP contribution >= 0.6 is 0 Å². The smallest absolute Gasteiger partial charge is 0.325 e. The Kier molecular flexibility index (Phi) is 3.91. The van der Waals surface area contributed by atoms with Crippen molar-refractivity contribution in [2.75, 3.05) is 26.8 Å². The van der Waals surface area contributed by atoms with E-state index in [1.807, 2.05) is 0 Å². The number of carbonyl (C=O) groups excluding carboxylic acids is 2. The van der Waals surface area contributed by atoms with E-state index >= 15 is 0 Å². The molecule has 0 aromatic rings. The SMILES string of the molecule is C=CCOC(=O)CN1CC(OC)=CC1=O. The topological polar surface area (TPSA) is 55.8 Å². The van der Waals surface area contributed by atoms with Gasteiger partial charge in [-0.25, -0.2) is 0 Å². The lowest BCUT2D eigenvalue weighted by Crippen LogP contribution is -2.33. The molecular formula is C10H13NO4. The zero-order valence-electron chi connectivity index (χ0n) is 8.56. The Hall–Kier alpha value is -1.78. The van der Waals surface area contributed by atoms with E-state index in [0.29, 0.717) is 12.3 Å². The van der Waals surface area contributed by atoms with Crippen LogP contribution in [0.15, 0.2) is 24.5 Å². The average molecular weight is 211 g/mol. The molecule has 0 radical (unpaired) electrons. The number of ether oxygens (including phenoxy) is 2. The van der Waals surface area contributed by atoms with Gasteiger partial charge in [-0.1, -0.05) is 12.7 Å². The van der Waals surface area contributed by atoms with E-state index in [4.69, 9.17) is 9.47 Å². The van der Waals surface area contributed by atoms with Gasteiger partial charge in [0, 0.05) is 6.08 Å². The minimum atomic E-state index is -0.450. The van der Waals surface area contributed by atoms with Gasteiger partial charge in [0.2, 0.25) is 0 Å². The van der Waals surface area contributed by atoms with E-state index in [1.165, 1.54) is 24.2 Å². The predicted octanol–water partition coefficient (Wildman–Crippen LogP) is 0.0881. The van der Waals surface area contributed by atoms with Gasteiger partial charge in [0.15, 0.2) is 0 Å². The molecule has 0 unspecified atom stereocenters. The molecule has 0 N–H and O–H groups in total. The number of esters is 1. The van der Waals surface area contributed by atoms with E-state index in [0.717, 1.165) is 0 Å². The summed E-state index contributed by atoms with van der Waals surface area (Å²) in [6.07, 6.45) is 2.84. The standard InChI is InChI=1S/C10H13NO4/c1-3-4-15-10(13)7-11-6-8(14-2)5-9(11)12/h3,5H,1,4,6-7H2,2H3. The quantitative estimate of drug-likeness (QED) is 0.477. The van der Waals surface area contributed by atoms with Gasteiger partial charge in [0.25, 0.3) is 5.91 Å². The molecule has 0 spiro atoms. The summed E-state index contributed by atoms with van der Waals surface area (Å²) >= 11 is 0. The van der Waals surface area contributed by atoms with Crippen molar-refractivity contribution in [3.8, 4) is 0 Å². The molecule has 82 valence electrons. The van der Waals surface area contributed by atoms with Crippen LogP contribution < -0.4 is 0 Å². The zero-order chi connectivity index (χ0) is 11.3. The summed E-state index contributed by atoms with van der Waals surface area (Å²) in [5.41, 5.74) is 0. The molecule has 0 bridgehead atoms. The fourth-order valence-corrected chi connectivity index (χ4v) is 1.15. The predicted molar refractivity (Wildman–Crippen MR) is 52.8 cm³/mol. The van der Waals surface area contributed by atoms with Crippen LogP contribution in [0.3, 0.4) is 0 Å². The lowest BCUT2D eigenvalue weighted by Gasteiger charge is -2.14. The van der Waals surface area contributed by atoms with Crippen LogP contribution in [0.2, 0.25) is 0 Å². The molecule has 1 rings (SSSR count). The summed E-state index contributed by atoms with van der Waals surface area (Å²) in [6, 6.07) is 0. The lowest BCUT2D eigenvalue weighted by atomic mass is 10.5. The van der Waals surface area contributed by atoms with E-state index in [2.05, 4.69) is 6.58 Å². The minimum absolute atomic E-state index is 0.0595. The van der Waals surface area contributed by atoms with Crippen LogP contribution in [0.25, 0.3) is 0 Å². The molecule has 1 aliphatic heterocycles. The molecule has 0 aliphatic carbocycles. The maximum atomic E-state index is 11.3. The van der Waals surface area contributed by atoms with Gasteiger partial charge in [-0.15, -0.1) is 0 Å². The summed E-state index contributed by atoms with van der Waals surface area (Å²) in [6.45, 7) is 3.83. The van der Waals surface area contributed by atoms with Gasteiger partial charge in [-0.2, -0.15) is 0 Å². The second-order valence-corrected chi connectivity index (χ2v) is 2.98. The first-order valence-corrected chi connectivity index (χ1v) is 4.47. The Labute approximate surface area is 87.9 Å². The molecule has 0 atom stereocenters. The van der Waals surface area contributed by atoms with Crippen LogP contribution in [-0.4, -0.2) is 43.6 Å². The maximum absolute atomic E-state index is 11.3. The number of nitrogens with zero attached hydrogens (tertiary/aromatic N) is 1. The van der Waals surface area contributed by atoms with Crippen LogP contribution in [0.5, 0.6) is 0 Å². The van der Waals surface area contributed by atoms with Gasteiger partial charge in [0.1, 0.15) is 18.9 Å². The Bertz CT molecular complexity index is 309. The number of hydrogen-bond acceptors (Lipinski definition) is 4. The molecule has 1 amide bonds. The Morgan fingerprint density at radius 2 is 2.47 bits per heavy atom. The third-order valence-electron chi connectivity index (χ3n) is 1.89. The van der Waals surface area contributed by atoms with Gasteiger partial charge in [-0.05, 0) is 0 Å². The van der Waals surface area contributed by atoms with Crippen LogP contribution in [0, 0.1) is 0 Å².